The van der Waals surface area contributed by atoms with Crippen molar-refractivity contribution in [3.05, 3.63) is 16.1 Å². The van der Waals surface area contributed by atoms with Gasteiger partial charge in [0.25, 0.3) is 0 Å². The van der Waals surface area contributed by atoms with Crippen molar-refractivity contribution in [2.45, 2.75) is 26.3 Å². The van der Waals surface area contributed by atoms with Gasteiger partial charge in [-0.3, -0.25) is 0 Å². The number of hydrogen-bond acceptors (Lipinski definition) is 3. The van der Waals surface area contributed by atoms with Gasteiger partial charge in [-0.05, 0) is 32.2 Å². The second-order valence-corrected chi connectivity index (χ2v) is 6.17. The highest BCUT2D eigenvalue weighted by atomic mass is 79.9. The number of thiazole rings is 1. The predicted octanol–water partition coefficient (Wildman–Crippen LogP) is 3.06. The SMILES string of the molecule is Cc1ncsc1CN(C)CC1(CBr)CC1. The molecule has 1 saturated carbocycles. The molecule has 1 aliphatic carbocycles. The Balaban J connectivity index is 1.87. The lowest BCUT2D eigenvalue weighted by Gasteiger charge is -2.21. The highest BCUT2D eigenvalue weighted by molar-refractivity contribution is 9.09. The Labute approximate surface area is 104 Å². The lowest BCUT2D eigenvalue weighted by Crippen LogP contribution is -2.27. The van der Waals surface area contributed by atoms with Crippen LogP contribution in [0.2, 0.25) is 0 Å². The molecule has 2 rings (SSSR count). The summed E-state index contributed by atoms with van der Waals surface area (Å²) in [6.07, 6.45) is 2.76. The van der Waals surface area contributed by atoms with Crippen LogP contribution in [0, 0.1) is 12.3 Å². The van der Waals surface area contributed by atoms with Gasteiger partial charge in [-0.2, -0.15) is 0 Å². The van der Waals surface area contributed by atoms with Crippen molar-refractivity contribution in [2.75, 3.05) is 18.9 Å². The van der Waals surface area contributed by atoms with Gasteiger partial charge in [-0.25, -0.2) is 4.98 Å². The zero-order valence-corrected chi connectivity index (χ0v) is 11.7. The van der Waals surface area contributed by atoms with Gasteiger partial charge < -0.3 is 4.90 Å². The molecule has 15 heavy (non-hydrogen) atoms. The molecular formula is C11H17BrN2S. The minimum absolute atomic E-state index is 0.577. The van der Waals surface area contributed by atoms with Gasteiger partial charge in [0.15, 0.2) is 0 Å². The summed E-state index contributed by atoms with van der Waals surface area (Å²) in [6, 6.07) is 0. The van der Waals surface area contributed by atoms with Crippen LogP contribution in [0.25, 0.3) is 0 Å². The third kappa shape index (κ3) is 2.80. The summed E-state index contributed by atoms with van der Waals surface area (Å²) in [5, 5.41) is 1.14. The second kappa shape index (κ2) is 4.52. The van der Waals surface area contributed by atoms with Crippen molar-refractivity contribution in [3.63, 3.8) is 0 Å². The van der Waals surface area contributed by atoms with Crippen molar-refractivity contribution >= 4 is 27.3 Å². The molecule has 0 N–H and O–H groups in total. The minimum atomic E-state index is 0.577. The Morgan fingerprint density at radius 1 is 1.60 bits per heavy atom. The normalized spacial score (nSPS) is 18.4. The maximum absolute atomic E-state index is 4.28. The molecule has 4 heteroatoms. The van der Waals surface area contributed by atoms with Crippen LogP contribution in [0.1, 0.15) is 23.4 Å². The zero-order chi connectivity index (χ0) is 10.9. The van der Waals surface area contributed by atoms with E-state index in [1.807, 2.05) is 5.51 Å². The Hall–Kier alpha value is 0.0700. The molecule has 0 aromatic carbocycles. The first-order chi connectivity index (χ1) is 7.15. The minimum Gasteiger partial charge on any atom is -0.301 e. The average Bonchev–Trinajstić information content (AvgIpc) is 2.86. The van der Waals surface area contributed by atoms with E-state index in [2.05, 4.69) is 39.8 Å². The van der Waals surface area contributed by atoms with Gasteiger partial charge in [-0.1, -0.05) is 15.9 Å². The van der Waals surface area contributed by atoms with Crippen LogP contribution in [0.4, 0.5) is 0 Å². The molecule has 0 bridgehead atoms. The molecule has 0 atom stereocenters. The Kier molecular flexibility index (Phi) is 3.48. The van der Waals surface area contributed by atoms with Crippen LogP contribution in [0.5, 0.6) is 0 Å². The van der Waals surface area contributed by atoms with Crippen LogP contribution in [0.3, 0.4) is 0 Å². The Morgan fingerprint density at radius 2 is 2.33 bits per heavy atom. The first-order valence-electron chi connectivity index (χ1n) is 5.29. The molecule has 1 aromatic heterocycles. The van der Waals surface area contributed by atoms with Crippen LogP contribution in [0.15, 0.2) is 5.51 Å². The third-order valence-electron chi connectivity index (χ3n) is 3.10. The van der Waals surface area contributed by atoms with E-state index in [1.54, 1.807) is 11.3 Å². The average molecular weight is 289 g/mol. The van der Waals surface area contributed by atoms with Crippen LogP contribution in [-0.4, -0.2) is 28.8 Å². The van der Waals surface area contributed by atoms with E-state index in [0.29, 0.717) is 5.41 Å². The number of aryl methyl sites for hydroxylation is 1. The lowest BCUT2D eigenvalue weighted by atomic mass is 10.1. The molecule has 1 heterocycles. The molecule has 0 amide bonds. The molecule has 1 fully saturated rings. The van der Waals surface area contributed by atoms with Gasteiger partial charge in [0.1, 0.15) is 0 Å². The fraction of sp³-hybridized carbons (Fsp3) is 0.727. The molecule has 2 nitrogen and oxygen atoms in total. The number of alkyl halides is 1. The maximum Gasteiger partial charge on any atom is 0.0798 e. The summed E-state index contributed by atoms with van der Waals surface area (Å²) in [5.41, 5.74) is 3.71. The van der Waals surface area contributed by atoms with Crippen LogP contribution in [-0.2, 0) is 6.54 Å². The highest BCUT2D eigenvalue weighted by Crippen LogP contribution is 2.47. The van der Waals surface area contributed by atoms with E-state index in [4.69, 9.17) is 0 Å². The predicted molar refractivity (Wildman–Crippen MR) is 68.6 cm³/mol. The van der Waals surface area contributed by atoms with E-state index >= 15 is 0 Å². The highest BCUT2D eigenvalue weighted by Gasteiger charge is 2.42. The van der Waals surface area contributed by atoms with Gasteiger partial charge in [0, 0.05) is 23.3 Å². The smallest absolute Gasteiger partial charge is 0.0798 e. The first kappa shape index (κ1) is 11.6. The van der Waals surface area contributed by atoms with Crippen molar-refractivity contribution in [1.82, 2.24) is 9.88 Å². The molecule has 84 valence electrons. The molecular weight excluding hydrogens is 272 g/mol. The topological polar surface area (TPSA) is 16.1 Å². The number of halogens is 1. The van der Waals surface area contributed by atoms with Crippen LogP contribution >= 0.6 is 27.3 Å². The van der Waals surface area contributed by atoms with E-state index in [-0.39, 0.29) is 0 Å². The van der Waals surface area contributed by atoms with Gasteiger partial charge >= 0.3 is 0 Å². The van der Waals surface area contributed by atoms with Crippen molar-refractivity contribution in [2.24, 2.45) is 5.41 Å². The van der Waals surface area contributed by atoms with Crippen LogP contribution < -0.4 is 0 Å². The number of aromatic nitrogens is 1. The fourth-order valence-corrected chi connectivity index (χ4v) is 3.46. The fourth-order valence-electron chi connectivity index (χ4n) is 1.86. The van der Waals surface area contributed by atoms with Crippen molar-refractivity contribution in [3.8, 4) is 0 Å². The van der Waals surface area contributed by atoms with E-state index < -0.39 is 0 Å². The summed E-state index contributed by atoms with van der Waals surface area (Å²) < 4.78 is 0. The largest absolute Gasteiger partial charge is 0.301 e. The van der Waals surface area contributed by atoms with Gasteiger partial charge in [0.05, 0.1) is 11.2 Å². The van der Waals surface area contributed by atoms with E-state index in [0.717, 1.165) is 11.9 Å². The molecule has 0 spiro atoms. The Morgan fingerprint density at radius 3 is 2.80 bits per heavy atom. The third-order valence-corrected chi connectivity index (χ3v) is 5.21. The molecule has 0 unspecified atom stereocenters. The molecule has 1 aromatic rings. The van der Waals surface area contributed by atoms with Gasteiger partial charge in [0.2, 0.25) is 0 Å². The lowest BCUT2D eigenvalue weighted by molar-refractivity contribution is 0.272. The molecule has 1 aliphatic rings. The monoisotopic (exact) mass is 288 g/mol. The summed E-state index contributed by atoms with van der Waals surface area (Å²) in [7, 11) is 2.21. The maximum atomic E-state index is 4.28. The molecule has 0 saturated heterocycles. The summed E-state index contributed by atoms with van der Waals surface area (Å²) in [5.74, 6) is 0. The Bertz CT molecular complexity index is 333. The summed E-state index contributed by atoms with van der Waals surface area (Å²) in [6.45, 7) is 4.35. The zero-order valence-electron chi connectivity index (χ0n) is 9.29. The number of nitrogens with zero attached hydrogens (tertiary/aromatic N) is 2. The van der Waals surface area contributed by atoms with Crippen molar-refractivity contribution in [1.29, 1.82) is 0 Å². The number of rotatable bonds is 5. The molecule has 0 aliphatic heterocycles. The van der Waals surface area contributed by atoms with Gasteiger partial charge in [-0.15, -0.1) is 11.3 Å². The molecule has 0 radical (unpaired) electrons. The first-order valence-corrected chi connectivity index (χ1v) is 7.29. The van der Waals surface area contributed by atoms with E-state index in [9.17, 15) is 0 Å². The second-order valence-electron chi connectivity index (χ2n) is 4.67. The number of hydrogen-bond donors (Lipinski definition) is 0. The quantitative estimate of drug-likeness (QED) is 0.774. The summed E-state index contributed by atoms with van der Waals surface area (Å²) in [4.78, 5) is 8.12. The van der Waals surface area contributed by atoms with E-state index in [1.165, 1.54) is 30.0 Å². The summed E-state index contributed by atoms with van der Waals surface area (Å²) >= 11 is 5.39. The standard InChI is InChI=1S/C11H17BrN2S/c1-9-10(15-8-13-9)5-14(2)7-11(6-12)3-4-11/h8H,3-7H2,1-2H3. The van der Waals surface area contributed by atoms with Crippen molar-refractivity contribution < 1.29 is 0 Å².